The van der Waals surface area contributed by atoms with E-state index in [1.807, 2.05) is 63.2 Å². The molecular weight excluding hydrogens is 512 g/mol. The lowest BCUT2D eigenvalue weighted by Crippen LogP contribution is -2.51. The van der Waals surface area contributed by atoms with Crippen molar-refractivity contribution >= 4 is 35.3 Å². The highest BCUT2D eigenvalue weighted by Gasteiger charge is 2.43. The number of nitrogens with one attached hydrogen (secondary N) is 1. The maximum absolute atomic E-state index is 13.6. The van der Waals surface area contributed by atoms with Crippen molar-refractivity contribution in [3.05, 3.63) is 59.7 Å². The van der Waals surface area contributed by atoms with Crippen molar-refractivity contribution in [2.45, 2.75) is 62.7 Å². The van der Waals surface area contributed by atoms with Crippen molar-refractivity contribution < 1.29 is 19.1 Å². The zero-order valence-corrected chi connectivity index (χ0v) is 23.8. The highest BCUT2D eigenvalue weighted by atomic mass is 32.2. The molecule has 4 amide bonds. The summed E-state index contributed by atoms with van der Waals surface area (Å²) in [4.78, 5) is 45.4. The Morgan fingerprint density at radius 1 is 1.08 bits per heavy atom. The van der Waals surface area contributed by atoms with Gasteiger partial charge in [0, 0.05) is 49.9 Å². The molecule has 2 saturated heterocycles. The molecule has 2 atom stereocenters. The number of piperidine rings is 1. The van der Waals surface area contributed by atoms with E-state index in [0.717, 1.165) is 41.8 Å². The van der Waals surface area contributed by atoms with Gasteiger partial charge in [0.15, 0.2) is 0 Å². The highest BCUT2D eigenvalue weighted by molar-refractivity contribution is 8.01. The molecule has 39 heavy (non-hydrogen) atoms. The van der Waals surface area contributed by atoms with Crippen molar-refractivity contribution in [3.8, 4) is 5.75 Å². The smallest absolute Gasteiger partial charge is 0.322 e. The lowest BCUT2D eigenvalue weighted by molar-refractivity contribution is -0.137. The lowest BCUT2D eigenvalue weighted by atomic mass is 10.0. The summed E-state index contributed by atoms with van der Waals surface area (Å²) in [5.41, 5.74) is 2.96. The van der Waals surface area contributed by atoms with E-state index in [2.05, 4.69) is 19.2 Å². The Kier molecular flexibility index (Phi) is 8.35. The number of urea groups is 1. The van der Waals surface area contributed by atoms with E-state index < -0.39 is 5.25 Å². The van der Waals surface area contributed by atoms with Gasteiger partial charge in [-0.15, -0.1) is 11.8 Å². The summed E-state index contributed by atoms with van der Waals surface area (Å²) in [5.74, 6) is 1.27. The summed E-state index contributed by atoms with van der Waals surface area (Å²) >= 11 is 1.56. The average molecular weight is 551 g/mol. The zero-order valence-electron chi connectivity index (χ0n) is 23.0. The molecule has 208 valence electrons. The topological polar surface area (TPSA) is 82.2 Å². The van der Waals surface area contributed by atoms with Gasteiger partial charge in [0.1, 0.15) is 11.1 Å². The molecule has 5 rings (SSSR count). The zero-order chi connectivity index (χ0) is 27.5. The van der Waals surface area contributed by atoms with Crippen molar-refractivity contribution in [2.24, 2.45) is 5.92 Å². The number of para-hydroxylation sites is 2. The molecule has 3 aliphatic rings. The van der Waals surface area contributed by atoms with Crippen LogP contribution in [0.1, 0.15) is 56.0 Å². The molecule has 0 aromatic heterocycles. The molecule has 2 aromatic carbocycles. The Bertz CT molecular complexity index is 1210. The summed E-state index contributed by atoms with van der Waals surface area (Å²) in [6.07, 6.45) is 2.56. The minimum absolute atomic E-state index is 0.0113. The second-order valence-electron chi connectivity index (χ2n) is 11.0. The summed E-state index contributed by atoms with van der Waals surface area (Å²) in [5, 5.41) is 2.41. The quantitative estimate of drug-likeness (QED) is 0.494. The number of anilines is 1. The van der Waals surface area contributed by atoms with Gasteiger partial charge in [-0.2, -0.15) is 0 Å². The average Bonchev–Trinajstić information content (AvgIpc) is 3.25. The Morgan fingerprint density at radius 3 is 2.54 bits per heavy atom. The van der Waals surface area contributed by atoms with Gasteiger partial charge in [0.25, 0.3) is 0 Å². The molecule has 0 bridgehead atoms. The maximum Gasteiger partial charge on any atom is 0.322 e. The number of hydrogen-bond donors (Lipinski definition) is 1. The van der Waals surface area contributed by atoms with Gasteiger partial charge in [-0.1, -0.05) is 50.2 Å². The third kappa shape index (κ3) is 5.88. The maximum atomic E-state index is 13.6. The van der Waals surface area contributed by atoms with Crippen LogP contribution >= 0.6 is 11.8 Å². The largest absolute Gasteiger partial charge is 0.496 e. The number of ether oxygens (including phenoxy) is 1. The fraction of sp³-hybridized carbons (Fsp3) is 0.500. The number of benzene rings is 2. The molecule has 0 aliphatic carbocycles. The van der Waals surface area contributed by atoms with Gasteiger partial charge in [0.05, 0.1) is 12.4 Å². The summed E-state index contributed by atoms with van der Waals surface area (Å²) < 4.78 is 5.61. The molecule has 1 N–H and O–H groups in total. The van der Waals surface area contributed by atoms with Gasteiger partial charge in [-0.05, 0) is 42.9 Å². The molecule has 3 heterocycles. The van der Waals surface area contributed by atoms with Gasteiger partial charge >= 0.3 is 6.03 Å². The van der Waals surface area contributed by atoms with Crippen LogP contribution in [-0.2, 0) is 16.1 Å². The fourth-order valence-corrected chi connectivity index (χ4v) is 7.19. The minimum Gasteiger partial charge on any atom is -0.496 e. The summed E-state index contributed by atoms with van der Waals surface area (Å²) in [6.45, 7) is 6.74. The first kappa shape index (κ1) is 27.4. The van der Waals surface area contributed by atoms with Gasteiger partial charge in [0.2, 0.25) is 11.8 Å². The molecule has 2 aromatic rings. The van der Waals surface area contributed by atoms with Gasteiger partial charge in [-0.25, -0.2) is 4.79 Å². The van der Waals surface area contributed by atoms with E-state index in [9.17, 15) is 14.4 Å². The van der Waals surface area contributed by atoms with Crippen LogP contribution in [0, 0.1) is 5.92 Å². The number of nitrogens with zero attached hydrogens (tertiary/aromatic N) is 3. The van der Waals surface area contributed by atoms with Crippen LogP contribution in [0.3, 0.4) is 0 Å². The molecule has 3 aliphatic heterocycles. The monoisotopic (exact) mass is 550 g/mol. The minimum atomic E-state index is -0.415. The standard InChI is InChI=1S/C30H38N4O4S/c1-20(2)12-17-33-28(36)26(39-29(33)23-9-5-7-11-25(23)38-3)18-27(35)32-15-13-22(14-16-32)34-19-21-8-4-6-10-24(21)31-30(34)37/h4-11,20,22,26,29H,12-19H2,1-3H3,(H,31,37). The first-order valence-corrected chi connectivity index (χ1v) is 14.8. The number of methoxy groups -OCH3 is 1. The van der Waals surface area contributed by atoms with E-state index in [4.69, 9.17) is 4.74 Å². The van der Waals surface area contributed by atoms with E-state index in [1.54, 1.807) is 18.9 Å². The SMILES string of the molecule is COc1ccccc1C1SC(CC(=O)N2CCC(N3Cc4ccccc4NC3=O)CC2)C(=O)N1CCC(C)C. The number of rotatable bonds is 8. The van der Waals surface area contributed by atoms with Crippen LogP contribution < -0.4 is 10.1 Å². The van der Waals surface area contributed by atoms with Gasteiger partial charge < -0.3 is 24.8 Å². The van der Waals surface area contributed by atoms with Crippen LogP contribution in [0.25, 0.3) is 0 Å². The highest BCUT2D eigenvalue weighted by Crippen LogP contribution is 2.47. The summed E-state index contributed by atoms with van der Waals surface area (Å²) in [6, 6.07) is 15.7. The van der Waals surface area contributed by atoms with E-state index in [0.29, 0.717) is 32.1 Å². The fourth-order valence-electron chi connectivity index (χ4n) is 5.69. The van der Waals surface area contributed by atoms with Crippen LogP contribution in [0.2, 0.25) is 0 Å². The second-order valence-corrected chi connectivity index (χ2v) is 12.3. The van der Waals surface area contributed by atoms with E-state index in [-0.39, 0.29) is 35.7 Å². The molecule has 0 saturated carbocycles. The van der Waals surface area contributed by atoms with Crippen LogP contribution in [0.5, 0.6) is 5.75 Å². The molecule has 0 radical (unpaired) electrons. The molecule has 0 spiro atoms. The number of amides is 4. The van der Waals surface area contributed by atoms with Crippen molar-refractivity contribution in [1.29, 1.82) is 0 Å². The third-order valence-electron chi connectivity index (χ3n) is 7.97. The number of thioether (sulfide) groups is 1. The first-order chi connectivity index (χ1) is 18.9. The first-order valence-electron chi connectivity index (χ1n) is 13.9. The molecule has 9 heteroatoms. The number of carbonyl (C=O) groups is 3. The Balaban J connectivity index is 1.21. The van der Waals surface area contributed by atoms with Crippen LogP contribution in [-0.4, -0.2) is 70.6 Å². The molecule has 2 unspecified atom stereocenters. The molecular formula is C30H38N4O4S. The predicted octanol–water partition coefficient (Wildman–Crippen LogP) is 5.11. The second kappa shape index (κ2) is 11.9. The van der Waals surface area contributed by atoms with E-state index in [1.165, 1.54) is 0 Å². The van der Waals surface area contributed by atoms with Crippen molar-refractivity contribution in [2.75, 3.05) is 32.1 Å². The lowest BCUT2D eigenvalue weighted by Gasteiger charge is -2.40. The third-order valence-corrected chi connectivity index (χ3v) is 9.43. The number of carbonyl (C=O) groups excluding carboxylic acids is 3. The number of hydrogen-bond acceptors (Lipinski definition) is 5. The van der Waals surface area contributed by atoms with Crippen molar-refractivity contribution in [3.63, 3.8) is 0 Å². The van der Waals surface area contributed by atoms with Gasteiger partial charge in [-0.3, -0.25) is 9.59 Å². The number of fused-ring (bicyclic) bond motifs is 1. The Labute approximate surface area is 235 Å². The van der Waals surface area contributed by atoms with Crippen LogP contribution in [0.4, 0.5) is 10.5 Å². The summed E-state index contributed by atoms with van der Waals surface area (Å²) in [7, 11) is 1.65. The predicted molar refractivity (Wildman–Crippen MR) is 154 cm³/mol. The van der Waals surface area contributed by atoms with E-state index >= 15 is 0 Å². The number of likely N-dealkylation sites (tertiary alicyclic amines) is 1. The van der Waals surface area contributed by atoms with Crippen LogP contribution in [0.15, 0.2) is 48.5 Å². The van der Waals surface area contributed by atoms with Crippen molar-refractivity contribution in [1.82, 2.24) is 14.7 Å². The molecule has 8 nitrogen and oxygen atoms in total. The molecule has 2 fully saturated rings. The Hall–Kier alpha value is -3.20. The normalized spacial score (nSPS) is 21.8. The Morgan fingerprint density at radius 2 is 1.79 bits per heavy atom.